The summed E-state index contributed by atoms with van der Waals surface area (Å²) >= 11 is 5.93. The molecule has 1 heterocycles. The van der Waals surface area contributed by atoms with Gasteiger partial charge in [-0.15, -0.1) is 0 Å². The van der Waals surface area contributed by atoms with E-state index in [1.807, 2.05) is 19.1 Å². The van der Waals surface area contributed by atoms with E-state index < -0.39 is 0 Å². The van der Waals surface area contributed by atoms with Gasteiger partial charge in [-0.05, 0) is 24.6 Å². The van der Waals surface area contributed by atoms with Crippen LogP contribution < -0.4 is 5.32 Å². The van der Waals surface area contributed by atoms with Crippen molar-refractivity contribution in [2.45, 2.75) is 13.3 Å². The molecule has 1 aliphatic rings. The number of nitrogens with one attached hydrogen (secondary N) is 1. The number of benzene rings is 1. The zero-order valence-corrected chi connectivity index (χ0v) is 8.11. The summed E-state index contributed by atoms with van der Waals surface area (Å²) in [6, 6.07) is 3.68. The minimum atomic E-state index is 0.189. The quantitative estimate of drug-likeness (QED) is 0.690. The molecule has 3 heteroatoms. The average molecular weight is 196 g/mol. The number of Topliss-reactive ketones (excluding diaryl/α,β-unsaturated/α-hetero) is 1. The minimum absolute atomic E-state index is 0.189. The van der Waals surface area contributed by atoms with Gasteiger partial charge >= 0.3 is 0 Å². The summed E-state index contributed by atoms with van der Waals surface area (Å²) in [6.45, 7) is 2.61. The van der Waals surface area contributed by atoms with Crippen molar-refractivity contribution in [2.24, 2.45) is 0 Å². The fourth-order valence-electron chi connectivity index (χ4n) is 1.63. The molecule has 1 N–H and O–H groups in total. The monoisotopic (exact) mass is 195 g/mol. The SMILES string of the molecule is Cc1c(Cl)ccc2c1C(=O)CCN2. The molecule has 0 saturated carbocycles. The molecule has 0 aromatic heterocycles. The zero-order chi connectivity index (χ0) is 9.42. The first-order valence-corrected chi connectivity index (χ1v) is 4.64. The summed E-state index contributed by atoms with van der Waals surface area (Å²) in [5.74, 6) is 0.189. The van der Waals surface area contributed by atoms with Crippen LogP contribution in [0.4, 0.5) is 5.69 Å². The molecule has 0 unspecified atom stereocenters. The number of hydrogen-bond acceptors (Lipinski definition) is 2. The highest BCUT2D eigenvalue weighted by Crippen LogP contribution is 2.29. The van der Waals surface area contributed by atoms with Gasteiger partial charge in [-0.3, -0.25) is 4.79 Å². The Balaban J connectivity index is 2.65. The number of carbonyl (C=O) groups is 1. The number of halogens is 1. The van der Waals surface area contributed by atoms with Crippen LogP contribution in [0.2, 0.25) is 5.02 Å². The van der Waals surface area contributed by atoms with Crippen LogP contribution in [0.25, 0.3) is 0 Å². The topological polar surface area (TPSA) is 29.1 Å². The zero-order valence-electron chi connectivity index (χ0n) is 7.36. The molecular formula is C10H10ClNO. The van der Waals surface area contributed by atoms with E-state index in [0.29, 0.717) is 11.4 Å². The maximum absolute atomic E-state index is 11.6. The van der Waals surface area contributed by atoms with E-state index in [9.17, 15) is 4.79 Å². The third kappa shape index (κ3) is 1.31. The van der Waals surface area contributed by atoms with Crippen LogP contribution in [0.15, 0.2) is 12.1 Å². The number of carbonyl (C=O) groups excluding carboxylic acids is 1. The molecule has 0 fully saturated rings. The predicted octanol–water partition coefficient (Wildman–Crippen LogP) is 2.65. The van der Waals surface area contributed by atoms with Gasteiger partial charge < -0.3 is 5.32 Å². The molecule has 0 bridgehead atoms. The van der Waals surface area contributed by atoms with E-state index in [4.69, 9.17) is 11.6 Å². The molecule has 68 valence electrons. The van der Waals surface area contributed by atoms with Crippen molar-refractivity contribution in [3.05, 3.63) is 28.3 Å². The summed E-state index contributed by atoms with van der Waals surface area (Å²) in [5, 5.41) is 3.84. The molecule has 1 aliphatic heterocycles. The van der Waals surface area contributed by atoms with E-state index >= 15 is 0 Å². The smallest absolute Gasteiger partial charge is 0.167 e. The van der Waals surface area contributed by atoms with Crippen molar-refractivity contribution in [2.75, 3.05) is 11.9 Å². The van der Waals surface area contributed by atoms with Crippen molar-refractivity contribution in [1.82, 2.24) is 0 Å². The van der Waals surface area contributed by atoms with Gasteiger partial charge in [0.05, 0.1) is 0 Å². The Morgan fingerprint density at radius 3 is 3.00 bits per heavy atom. The lowest BCUT2D eigenvalue weighted by atomic mass is 9.97. The summed E-state index contributed by atoms with van der Waals surface area (Å²) in [6.07, 6.45) is 0.564. The van der Waals surface area contributed by atoms with Crippen LogP contribution in [0.1, 0.15) is 22.3 Å². The number of rotatable bonds is 0. The van der Waals surface area contributed by atoms with Gasteiger partial charge in [0, 0.05) is 29.2 Å². The van der Waals surface area contributed by atoms with Gasteiger partial charge in [0.2, 0.25) is 0 Å². The molecule has 1 aromatic rings. The number of hydrogen-bond donors (Lipinski definition) is 1. The standard InChI is InChI=1S/C10H10ClNO/c1-6-7(11)2-3-8-10(6)9(13)4-5-12-8/h2-3,12H,4-5H2,1H3. The first kappa shape index (κ1) is 8.57. The van der Waals surface area contributed by atoms with Crippen molar-refractivity contribution < 1.29 is 4.79 Å². The van der Waals surface area contributed by atoms with E-state index in [1.165, 1.54) is 0 Å². The number of ketones is 1. The molecule has 0 atom stereocenters. The van der Waals surface area contributed by atoms with E-state index in [2.05, 4.69) is 5.32 Å². The Morgan fingerprint density at radius 2 is 2.23 bits per heavy atom. The normalized spacial score (nSPS) is 15.1. The lowest BCUT2D eigenvalue weighted by Gasteiger charge is -2.19. The predicted molar refractivity (Wildman–Crippen MR) is 53.6 cm³/mol. The summed E-state index contributed by atoms with van der Waals surface area (Å²) in [4.78, 5) is 11.6. The Kier molecular flexibility index (Phi) is 2.00. The molecule has 0 saturated heterocycles. The van der Waals surface area contributed by atoms with E-state index in [0.717, 1.165) is 23.4 Å². The molecule has 0 spiro atoms. The molecule has 0 aliphatic carbocycles. The molecule has 2 rings (SSSR count). The van der Waals surface area contributed by atoms with Crippen LogP contribution in [0.3, 0.4) is 0 Å². The molecule has 2 nitrogen and oxygen atoms in total. The highest BCUT2D eigenvalue weighted by molar-refractivity contribution is 6.32. The summed E-state index contributed by atoms with van der Waals surface area (Å²) < 4.78 is 0. The van der Waals surface area contributed by atoms with Gasteiger partial charge in [0.15, 0.2) is 5.78 Å². The molecule has 13 heavy (non-hydrogen) atoms. The number of fused-ring (bicyclic) bond motifs is 1. The Labute approximate surface area is 81.9 Å². The largest absolute Gasteiger partial charge is 0.384 e. The van der Waals surface area contributed by atoms with Gasteiger partial charge in [0.1, 0.15) is 0 Å². The second-order valence-electron chi connectivity index (χ2n) is 3.19. The lowest BCUT2D eigenvalue weighted by Crippen LogP contribution is -2.19. The van der Waals surface area contributed by atoms with Crippen LogP contribution in [0, 0.1) is 6.92 Å². The molecular weight excluding hydrogens is 186 g/mol. The third-order valence-corrected chi connectivity index (χ3v) is 2.75. The Bertz CT molecular complexity index is 373. The van der Waals surface area contributed by atoms with Crippen LogP contribution >= 0.6 is 11.6 Å². The Hall–Kier alpha value is -1.02. The van der Waals surface area contributed by atoms with Gasteiger partial charge in [-0.2, -0.15) is 0 Å². The highest BCUT2D eigenvalue weighted by atomic mass is 35.5. The summed E-state index contributed by atoms with van der Waals surface area (Å²) in [7, 11) is 0. The first-order valence-electron chi connectivity index (χ1n) is 4.26. The minimum Gasteiger partial charge on any atom is -0.384 e. The second kappa shape index (κ2) is 3.04. The van der Waals surface area contributed by atoms with Crippen LogP contribution in [-0.2, 0) is 0 Å². The van der Waals surface area contributed by atoms with Gasteiger partial charge in [-0.25, -0.2) is 0 Å². The summed E-state index contributed by atoms with van der Waals surface area (Å²) in [5.41, 5.74) is 2.56. The van der Waals surface area contributed by atoms with Crippen LogP contribution in [0.5, 0.6) is 0 Å². The van der Waals surface area contributed by atoms with Gasteiger partial charge in [0.25, 0.3) is 0 Å². The maximum atomic E-state index is 11.6. The fourth-order valence-corrected chi connectivity index (χ4v) is 1.79. The molecule has 0 amide bonds. The van der Waals surface area contributed by atoms with E-state index in [1.54, 1.807) is 0 Å². The number of anilines is 1. The Morgan fingerprint density at radius 1 is 1.46 bits per heavy atom. The third-order valence-electron chi connectivity index (χ3n) is 2.35. The lowest BCUT2D eigenvalue weighted by molar-refractivity contribution is 0.0983. The highest BCUT2D eigenvalue weighted by Gasteiger charge is 2.19. The second-order valence-corrected chi connectivity index (χ2v) is 3.60. The average Bonchev–Trinajstić information content (AvgIpc) is 2.12. The maximum Gasteiger partial charge on any atom is 0.167 e. The van der Waals surface area contributed by atoms with Crippen molar-refractivity contribution in [3.63, 3.8) is 0 Å². The van der Waals surface area contributed by atoms with Gasteiger partial charge in [-0.1, -0.05) is 11.6 Å². The van der Waals surface area contributed by atoms with Crippen molar-refractivity contribution >= 4 is 23.1 Å². The first-order chi connectivity index (χ1) is 6.20. The van der Waals surface area contributed by atoms with Crippen molar-refractivity contribution in [1.29, 1.82) is 0 Å². The fraction of sp³-hybridized carbons (Fsp3) is 0.300. The molecule has 1 aromatic carbocycles. The van der Waals surface area contributed by atoms with Crippen molar-refractivity contribution in [3.8, 4) is 0 Å². The van der Waals surface area contributed by atoms with Crippen LogP contribution in [-0.4, -0.2) is 12.3 Å². The van der Waals surface area contributed by atoms with E-state index in [-0.39, 0.29) is 5.78 Å². The molecule has 0 radical (unpaired) electrons.